The predicted octanol–water partition coefficient (Wildman–Crippen LogP) is 2.42. The molecule has 1 amide bonds. The molecule has 0 aliphatic carbocycles. The molecule has 0 aliphatic heterocycles. The van der Waals surface area contributed by atoms with Gasteiger partial charge in [0, 0.05) is 4.47 Å². The van der Waals surface area contributed by atoms with Crippen LogP contribution in [0.2, 0.25) is 0 Å². The second kappa shape index (κ2) is 4.23. The van der Waals surface area contributed by atoms with Gasteiger partial charge >= 0.3 is 0 Å². The molecule has 3 nitrogen and oxygen atoms in total. The number of hydrogen-bond donors (Lipinski definition) is 2. The maximum Gasteiger partial charge on any atom is 0.247 e. The second-order valence-corrected chi connectivity index (χ2v) is 3.39. The first-order valence-corrected chi connectivity index (χ1v) is 4.45. The van der Waals surface area contributed by atoms with Gasteiger partial charge in [0.25, 0.3) is 0 Å². The van der Waals surface area contributed by atoms with Crippen molar-refractivity contribution in [3.05, 3.63) is 35.1 Å². The average Bonchev–Trinajstić information content (AvgIpc) is 2.13. The average molecular weight is 260 g/mol. The van der Waals surface area contributed by atoms with E-state index in [1.807, 2.05) is 0 Å². The van der Waals surface area contributed by atoms with Gasteiger partial charge in [-0.25, -0.2) is 4.39 Å². The van der Waals surface area contributed by atoms with Gasteiger partial charge in [0.15, 0.2) is 11.6 Å². The fraction of sp³-hybridized carbons (Fsp3) is 0. The minimum absolute atomic E-state index is 0.00164. The molecule has 1 aromatic carbocycles. The van der Waals surface area contributed by atoms with E-state index in [0.717, 1.165) is 12.1 Å². The lowest BCUT2D eigenvalue weighted by molar-refractivity contribution is -0.111. The molecule has 14 heavy (non-hydrogen) atoms. The summed E-state index contributed by atoms with van der Waals surface area (Å²) < 4.78 is 13.4. The molecule has 0 bridgehead atoms. The molecule has 0 fully saturated rings. The number of anilines is 1. The van der Waals surface area contributed by atoms with Crippen LogP contribution in [-0.4, -0.2) is 11.0 Å². The maximum absolute atomic E-state index is 12.9. The Balaban J connectivity index is 3.07. The topological polar surface area (TPSA) is 49.3 Å². The van der Waals surface area contributed by atoms with E-state index < -0.39 is 17.5 Å². The van der Waals surface area contributed by atoms with Crippen LogP contribution in [0, 0.1) is 5.82 Å². The molecule has 0 saturated heterocycles. The highest BCUT2D eigenvalue weighted by Crippen LogP contribution is 2.30. The van der Waals surface area contributed by atoms with Gasteiger partial charge in [-0.2, -0.15) is 0 Å². The molecule has 0 radical (unpaired) electrons. The van der Waals surface area contributed by atoms with Crippen molar-refractivity contribution < 1.29 is 14.3 Å². The van der Waals surface area contributed by atoms with Crippen molar-refractivity contribution in [3.8, 4) is 5.75 Å². The zero-order chi connectivity index (χ0) is 10.7. The Kier molecular flexibility index (Phi) is 3.24. The van der Waals surface area contributed by atoms with Crippen LogP contribution in [0.4, 0.5) is 10.1 Å². The van der Waals surface area contributed by atoms with Crippen molar-refractivity contribution in [2.75, 3.05) is 5.32 Å². The number of aromatic hydroxyl groups is 1. The summed E-state index contributed by atoms with van der Waals surface area (Å²) in [5, 5.41) is 11.5. The molecule has 1 rings (SSSR count). The molecule has 0 saturated carbocycles. The number of phenols is 1. The number of benzene rings is 1. The number of phenolic OH excluding ortho intramolecular Hbond substituents is 1. The minimum atomic E-state index is -0.807. The van der Waals surface area contributed by atoms with Gasteiger partial charge in [-0.05, 0) is 18.2 Å². The zero-order valence-electron chi connectivity index (χ0n) is 7.05. The summed E-state index contributed by atoms with van der Waals surface area (Å²) >= 11 is 3.03. The van der Waals surface area contributed by atoms with Crippen LogP contribution in [0.15, 0.2) is 29.3 Å². The monoisotopic (exact) mass is 259 g/mol. The number of nitrogens with one attached hydrogen (secondary N) is 1. The molecule has 0 atom stereocenters. The van der Waals surface area contributed by atoms with Crippen LogP contribution in [-0.2, 0) is 4.79 Å². The molecule has 74 valence electrons. The van der Waals surface area contributed by atoms with Gasteiger partial charge in [0.1, 0.15) is 0 Å². The van der Waals surface area contributed by atoms with Gasteiger partial charge in [0.05, 0.1) is 5.69 Å². The van der Waals surface area contributed by atoms with Gasteiger partial charge in [-0.15, -0.1) is 0 Å². The minimum Gasteiger partial charge on any atom is -0.503 e. The molecular formula is C9H7BrFNO2. The van der Waals surface area contributed by atoms with Crippen molar-refractivity contribution in [2.24, 2.45) is 0 Å². The fourth-order valence-electron chi connectivity index (χ4n) is 0.845. The summed E-state index contributed by atoms with van der Waals surface area (Å²) in [6.07, 6.45) is 1.03. The third-order valence-electron chi connectivity index (χ3n) is 1.47. The molecule has 2 N–H and O–H groups in total. The van der Waals surface area contributed by atoms with Gasteiger partial charge in [-0.1, -0.05) is 22.5 Å². The van der Waals surface area contributed by atoms with Crippen molar-refractivity contribution in [3.63, 3.8) is 0 Å². The van der Waals surface area contributed by atoms with Crippen LogP contribution in [0.5, 0.6) is 5.75 Å². The first-order chi connectivity index (χ1) is 6.54. The Morgan fingerprint density at radius 1 is 1.64 bits per heavy atom. The van der Waals surface area contributed by atoms with E-state index in [9.17, 15) is 14.3 Å². The fourth-order valence-corrected chi connectivity index (χ4v) is 1.27. The quantitative estimate of drug-likeness (QED) is 0.633. The Hall–Kier alpha value is -1.36. The number of carbonyl (C=O) groups is 1. The lowest BCUT2D eigenvalue weighted by Gasteiger charge is -2.06. The predicted molar refractivity (Wildman–Crippen MR) is 54.6 cm³/mol. The Bertz CT molecular complexity index is 393. The van der Waals surface area contributed by atoms with E-state index >= 15 is 0 Å². The number of amides is 1. The van der Waals surface area contributed by atoms with E-state index in [4.69, 9.17) is 0 Å². The summed E-state index contributed by atoms with van der Waals surface area (Å²) in [4.78, 5) is 10.9. The standard InChI is InChI=1S/C9H7BrFNO2/c1-2-8(13)12-7-4-5(10)3-6(11)9(7)14/h2-4,14H,1H2,(H,12,13). The summed E-state index contributed by atoms with van der Waals surface area (Å²) in [7, 11) is 0. The smallest absolute Gasteiger partial charge is 0.247 e. The SMILES string of the molecule is C=CC(=O)Nc1cc(Br)cc(F)c1O. The van der Waals surface area contributed by atoms with E-state index in [-0.39, 0.29) is 5.69 Å². The number of carbonyl (C=O) groups excluding carboxylic acids is 1. The lowest BCUT2D eigenvalue weighted by atomic mass is 10.3. The first kappa shape index (κ1) is 10.7. The Morgan fingerprint density at radius 2 is 2.29 bits per heavy atom. The molecule has 1 aromatic rings. The van der Waals surface area contributed by atoms with Gasteiger partial charge in [0.2, 0.25) is 5.91 Å². The molecule has 0 aromatic heterocycles. The highest BCUT2D eigenvalue weighted by molar-refractivity contribution is 9.10. The van der Waals surface area contributed by atoms with Crippen LogP contribution in [0.1, 0.15) is 0 Å². The second-order valence-electron chi connectivity index (χ2n) is 2.48. The lowest BCUT2D eigenvalue weighted by Crippen LogP contribution is -2.07. The van der Waals surface area contributed by atoms with Crippen molar-refractivity contribution in [2.45, 2.75) is 0 Å². The van der Waals surface area contributed by atoms with E-state index in [2.05, 4.69) is 27.8 Å². The summed E-state index contributed by atoms with van der Waals surface area (Å²) in [5.74, 6) is -1.92. The molecule has 0 unspecified atom stereocenters. The van der Waals surface area contributed by atoms with Crippen LogP contribution in [0.25, 0.3) is 0 Å². The molecule has 0 heterocycles. The first-order valence-electron chi connectivity index (χ1n) is 3.66. The van der Waals surface area contributed by atoms with Crippen LogP contribution < -0.4 is 5.32 Å². The number of hydrogen-bond acceptors (Lipinski definition) is 2. The van der Waals surface area contributed by atoms with Crippen molar-refractivity contribution in [1.82, 2.24) is 0 Å². The van der Waals surface area contributed by atoms with Crippen LogP contribution >= 0.6 is 15.9 Å². The Labute approximate surface area is 88.4 Å². The van der Waals surface area contributed by atoms with E-state index in [1.54, 1.807) is 0 Å². The zero-order valence-corrected chi connectivity index (χ0v) is 8.64. The molecule has 5 heteroatoms. The number of halogens is 2. The summed E-state index contributed by atoms with van der Waals surface area (Å²) in [6, 6.07) is 2.48. The van der Waals surface area contributed by atoms with Crippen LogP contribution in [0.3, 0.4) is 0 Å². The van der Waals surface area contributed by atoms with E-state index in [0.29, 0.717) is 4.47 Å². The van der Waals surface area contributed by atoms with Crippen molar-refractivity contribution >= 4 is 27.5 Å². The largest absolute Gasteiger partial charge is 0.503 e. The molecular weight excluding hydrogens is 253 g/mol. The number of rotatable bonds is 2. The normalized spacial score (nSPS) is 9.57. The van der Waals surface area contributed by atoms with E-state index in [1.165, 1.54) is 6.07 Å². The molecule has 0 spiro atoms. The summed E-state index contributed by atoms with van der Waals surface area (Å²) in [5.41, 5.74) is 0.00164. The highest BCUT2D eigenvalue weighted by Gasteiger charge is 2.10. The highest BCUT2D eigenvalue weighted by atomic mass is 79.9. The van der Waals surface area contributed by atoms with Crippen molar-refractivity contribution in [1.29, 1.82) is 0 Å². The third kappa shape index (κ3) is 2.32. The van der Waals surface area contributed by atoms with Gasteiger partial charge in [-0.3, -0.25) is 4.79 Å². The third-order valence-corrected chi connectivity index (χ3v) is 1.93. The van der Waals surface area contributed by atoms with Gasteiger partial charge < -0.3 is 10.4 Å². The molecule has 0 aliphatic rings. The summed E-state index contributed by atoms with van der Waals surface area (Å²) in [6.45, 7) is 3.23. The maximum atomic E-state index is 12.9. The Morgan fingerprint density at radius 3 is 2.86 bits per heavy atom.